The zero-order valence-corrected chi connectivity index (χ0v) is 8.31. The van der Waals surface area contributed by atoms with Gasteiger partial charge in [0.1, 0.15) is 5.82 Å². The zero-order valence-electron chi connectivity index (χ0n) is 8.31. The summed E-state index contributed by atoms with van der Waals surface area (Å²) in [5, 5.41) is 0. The number of hydrogen-bond donors (Lipinski definition) is 0. The maximum atomic E-state index is 4.40. The fourth-order valence-electron chi connectivity index (χ4n) is 1.76. The Morgan fingerprint density at radius 3 is 2.92 bits per heavy atom. The van der Waals surface area contributed by atoms with Crippen LogP contribution in [-0.4, -0.2) is 42.3 Å². The lowest BCUT2D eigenvalue weighted by atomic mass is 10.1. The number of rotatable bonds is 1. The molecule has 0 aromatic carbocycles. The maximum absolute atomic E-state index is 4.40. The van der Waals surface area contributed by atoms with Crippen molar-refractivity contribution in [2.45, 2.75) is 19.0 Å². The number of fused-ring (bicyclic) bond motifs is 1. The second kappa shape index (κ2) is 2.91. The molecule has 3 nitrogen and oxygen atoms in total. The smallest absolute Gasteiger partial charge is 0.109 e. The molecule has 2 atom stereocenters. The molecule has 0 radical (unpaired) electrons. The summed E-state index contributed by atoms with van der Waals surface area (Å²) < 4.78 is 0. The molecule has 13 heavy (non-hydrogen) atoms. The summed E-state index contributed by atoms with van der Waals surface area (Å²) in [6.07, 6.45) is 8.36. The van der Waals surface area contributed by atoms with Crippen molar-refractivity contribution in [3.05, 3.63) is 24.0 Å². The molecule has 2 rings (SSSR count). The van der Waals surface area contributed by atoms with Crippen LogP contribution >= 0.6 is 0 Å². The zero-order chi connectivity index (χ0) is 9.42. The van der Waals surface area contributed by atoms with Crippen LogP contribution in [0.3, 0.4) is 0 Å². The summed E-state index contributed by atoms with van der Waals surface area (Å²) >= 11 is 0. The molecule has 2 aliphatic rings. The van der Waals surface area contributed by atoms with E-state index >= 15 is 0 Å². The van der Waals surface area contributed by atoms with E-state index in [9.17, 15) is 0 Å². The predicted molar refractivity (Wildman–Crippen MR) is 54.5 cm³/mol. The molecule has 0 aliphatic carbocycles. The lowest BCUT2D eigenvalue weighted by Gasteiger charge is -2.32. The van der Waals surface area contributed by atoms with E-state index in [-0.39, 0.29) is 0 Å². The average molecular weight is 177 g/mol. The quantitative estimate of drug-likeness (QED) is 0.596. The Labute approximate surface area is 79.0 Å². The molecule has 0 N–H and O–H groups in total. The first-order valence-corrected chi connectivity index (χ1v) is 4.57. The molecule has 0 aromatic rings. The van der Waals surface area contributed by atoms with E-state index in [0.717, 1.165) is 0 Å². The molecule has 2 unspecified atom stereocenters. The molecule has 0 spiro atoms. The van der Waals surface area contributed by atoms with Crippen LogP contribution in [0.25, 0.3) is 0 Å². The normalized spacial score (nSPS) is 30.4. The number of allylic oxidation sites excluding steroid dienone is 2. The van der Waals surface area contributed by atoms with Crippen molar-refractivity contribution in [3.63, 3.8) is 0 Å². The van der Waals surface area contributed by atoms with E-state index < -0.39 is 0 Å². The van der Waals surface area contributed by atoms with Gasteiger partial charge in [-0.1, -0.05) is 12.2 Å². The van der Waals surface area contributed by atoms with Gasteiger partial charge in [0.05, 0.1) is 18.4 Å². The first-order chi connectivity index (χ1) is 6.20. The van der Waals surface area contributed by atoms with Crippen LogP contribution < -0.4 is 0 Å². The molecule has 0 amide bonds. The molecule has 0 saturated carbocycles. The first-order valence-electron chi connectivity index (χ1n) is 4.57. The summed E-state index contributed by atoms with van der Waals surface area (Å²) in [6, 6.07) is 0.794. The van der Waals surface area contributed by atoms with Gasteiger partial charge in [-0.15, -0.1) is 0 Å². The Balaban J connectivity index is 2.27. The van der Waals surface area contributed by atoms with Crippen molar-refractivity contribution >= 4 is 6.34 Å². The molecule has 2 aliphatic heterocycles. The fourth-order valence-corrected chi connectivity index (χ4v) is 1.76. The van der Waals surface area contributed by atoms with E-state index in [1.807, 2.05) is 6.34 Å². The SMILES string of the molecule is CC1N=CN2C(N(C)C)=CC=CC12. The van der Waals surface area contributed by atoms with Crippen molar-refractivity contribution in [2.24, 2.45) is 4.99 Å². The predicted octanol–water partition coefficient (Wildman–Crippen LogP) is 1.06. The highest BCUT2D eigenvalue weighted by Gasteiger charge is 2.29. The Kier molecular flexibility index (Phi) is 1.87. The second-order valence-corrected chi connectivity index (χ2v) is 3.71. The van der Waals surface area contributed by atoms with E-state index in [0.29, 0.717) is 12.1 Å². The summed E-state index contributed by atoms with van der Waals surface area (Å²) in [5.41, 5.74) is 0. The fraction of sp³-hybridized carbons (Fsp3) is 0.500. The van der Waals surface area contributed by atoms with Crippen LogP contribution in [0.5, 0.6) is 0 Å². The van der Waals surface area contributed by atoms with Crippen LogP contribution in [0.4, 0.5) is 0 Å². The van der Waals surface area contributed by atoms with Crippen LogP contribution in [0.2, 0.25) is 0 Å². The van der Waals surface area contributed by atoms with Gasteiger partial charge >= 0.3 is 0 Å². The average Bonchev–Trinajstić information content (AvgIpc) is 2.48. The Morgan fingerprint density at radius 2 is 2.23 bits per heavy atom. The highest BCUT2D eigenvalue weighted by atomic mass is 15.4. The lowest BCUT2D eigenvalue weighted by molar-refractivity contribution is 0.320. The van der Waals surface area contributed by atoms with Crippen LogP contribution in [-0.2, 0) is 0 Å². The van der Waals surface area contributed by atoms with Crippen molar-refractivity contribution in [1.82, 2.24) is 9.80 Å². The van der Waals surface area contributed by atoms with Gasteiger partial charge in [0, 0.05) is 14.1 Å². The third-order valence-corrected chi connectivity index (χ3v) is 2.52. The summed E-state index contributed by atoms with van der Waals surface area (Å²) in [5.74, 6) is 1.21. The Morgan fingerprint density at radius 1 is 1.46 bits per heavy atom. The van der Waals surface area contributed by atoms with Gasteiger partial charge in [-0.05, 0) is 13.0 Å². The number of aliphatic imine (C=N–C) groups is 1. The van der Waals surface area contributed by atoms with Gasteiger partial charge in [0.2, 0.25) is 0 Å². The highest BCUT2D eigenvalue weighted by molar-refractivity contribution is 5.63. The Hall–Kier alpha value is -1.25. The van der Waals surface area contributed by atoms with Gasteiger partial charge in [-0.25, -0.2) is 0 Å². The minimum absolute atomic E-state index is 0.375. The van der Waals surface area contributed by atoms with Gasteiger partial charge in [-0.2, -0.15) is 0 Å². The Bertz CT molecular complexity index is 289. The van der Waals surface area contributed by atoms with E-state index in [2.05, 4.69) is 54.0 Å². The van der Waals surface area contributed by atoms with Crippen molar-refractivity contribution in [1.29, 1.82) is 0 Å². The van der Waals surface area contributed by atoms with E-state index in [4.69, 9.17) is 0 Å². The summed E-state index contributed by atoms with van der Waals surface area (Å²) in [6.45, 7) is 2.14. The van der Waals surface area contributed by atoms with Gasteiger partial charge < -0.3 is 9.80 Å². The molecule has 70 valence electrons. The molecule has 0 bridgehead atoms. The molecular weight excluding hydrogens is 162 g/mol. The van der Waals surface area contributed by atoms with Gasteiger partial charge in [0.25, 0.3) is 0 Å². The topological polar surface area (TPSA) is 18.8 Å². The molecule has 0 aromatic heterocycles. The highest BCUT2D eigenvalue weighted by Crippen LogP contribution is 2.23. The van der Waals surface area contributed by atoms with Crippen LogP contribution in [0.15, 0.2) is 29.0 Å². The first kappa shape index (κ1) is 8.35. The molecule has 0 saturated heterocycles. The third kappa shape index (κ3) is 1.24. The monoisotopic (exact) mass is 177 g/mol. The molecule has 0 fully saturated rings. The van der Waals surface area contributed by atoms with E-state index in [1.54, 1.807) is 0 Å². The lowest BCUT2D eigenvalue weighted by Crippen LogP contribution is -2.39. The largest absolute Gasteiger partial charge is 0.364 e. The third-order valence-electron chi connectivity index (χ3n) is 2.52. The number of nitrogens with zero attached hydrogens (tertiary/aromatic N) is 3. The summed E-state index contributed by atoms with van der Waals surface area (Å²) in [7, 11) is 4.11. The van der Waals surface area contributed by atoms with Crippen molar-refractivity contribution in [2.75, 3.05) is 14.1 Å². The van der Waals surface area contributed by atoms with Gasteiger partial charge in [-0.3, -0.25) is 4.99 Å². The van der Waals surface area contributed by atoms with Gasteiger partial charge in [0.15, 0.2) is 0 Å². The maximum Gasteiger partial charge on any atom is 0.109 e. The van der Waals surface area contributed by atoms with Crippen molar-refractivity contribution in [3.8, 4) is 0 Å². The standard InChI is InChI=1S/C10H15N3/c1-8-9-5-4-6-10(12(2)3)13(9)7-11-8/h4-9H,1-3H3. The minimum atomic E-state index is 0.375. The van der Waals surface area contributed by atoms with Crippen LogP contribution in [0.1, 0.15) is 6.92 Å². The molecule has 3 heteroatoms. The molecule has 2 heterocycles. The summed E-state index contributed by atoms with van der Waals surface area (Å²) in [4.78, 5) is 8.72. The van der Waals surface area contributed by atoms with Crippen molar-refractivity contribution < 1.29 is 0 Å². The second-order valence-electron chi connectivity index (χ2n) is 3.71. The van der Waals surface area contributed by atoms with E-state index in [1.165, 1.54) is 5.82 Å². The molecular formula is C10H15N3. The minimum Gasteiger partial charge on any atom is -0.364 e. The van der Waals surface area contributed by atoms with Crippen LogP contribution in [0, 0.1) is 0 Å². The number of hydrogen-bond acceptors (Lipinski definition) is 3.